The maximum atomic E-state index is 2.41. The van der Waals surface area contributed by atoms with Crippen LogP contribution in [0.4, 0.5) is 0 Å². The molecular weight excluding hydrogens is 226 g/mol. The molecule has 1 nitrogen and oxygen atoms in total. The Balaban J connectivity index is 1.89. The van der Waals surface area contributed by atoms with Crippen molar-refractivity contribution in [1.82, 2.24) is 4.90 Å². The largest absolute Gasteiger partial charge is 0.299 e. The third-order valence-corrected chi connectivity index (χ3v) is 4.00. The first kappa shape index (κ1) is 12.3. The average molecular weight is 245 g/mol. The van der Waals surface area contributed by atoms with Crippen molar-refractivity contribution in [2.24, 2.45) is 0 Å². The minimum absolute atomic E-state index is 0.578. The Hall–Kier alpha value is -1.12. The molecule has 17 heavy (non-hydrogen) atoms. The molecule has 0 radical (unpaired) electrons. The van der Waals surface area contributed by atoms with E-state index in [1.807, 2.05) is 11.3 Å². The predicted octanol–water partition coefficient (Wildman–Crippen LogP) is 3.81. The first-order valence-electron chi connectivity index (χ1n) is 6.02. The lowest BCUT2D eigenvalue weighted by Gasteiger charge is -2.24. The minimum atomic E-state index is 0.578. The third-order valence-electron chi connectivity index (χ3n) is 3.10. The van der Waals surface area contributed by atoms with Crippen LogP contribution in [-0.4, -0.2) is 18.0 Å². The smallest absolute Gasteiger partial charge is 0.0233 e. The Bertz CT molecular complexity index is 421. The third kappa shape index (κ3) is 3.69. The Morgan fingerprint density at radius 3 is 2.53 bits per heavy atom. The molecule has 90 valence electrons. The lowest BCUT2D eigenvalue weighted by molar-refractivity contribution is 0.249. The Labute approximate surface area is 108 Å². The number of rotatable bonds is 5. The van der Waals surface area contributed by atoms with Crippen molar-refractivity contribution in [3.63, 3.8) is 0 Å². The first-order chi connectivity index (χ1) is 8.25. The average Bonchev–Trinajstić information content (AvgIpc) is 2.83. The maximum Gasteiger partial charge on any atom is 0.0233 e. The van der Waals surface area contributed by atoms with Crippen molar-refractivity contribution in [2.75, 3.05) is 7.05 Å². The Morgan fingerprint density at radius 1 is 1.12 bits per heavy atom. The second-order valence-electron chi connectivity index (χ2n) is 4.53. The highest BCUT2D eigenvalue weighted by Gasteiger charge is 2.10. The molecule has 1 aromatic heterocycles. The molecule has 1 unspecified atom stereocenters. The van der Waals surface area contributed by atoms with Gasteiger partial charge in [0.25, 0.3) is 0 Å². The van der Waals surface area contributed by atoms with Gasteiger partial charge in [-0.3, -0.25) is 4.90 Å². The van der Waals surface area contributed by atoms with Crippen LogP contribution < -0.4 is 0 Å². The quantitative estimate of drug-likeness (QED) is 0.774. The van der Waals surface area contributed by atoms with E-state index in [1.165, 1.54) is 10.4 Å². The minimum Gasteiger partial charge on any atom is -0.299 e. The maximum absolute atomic E-state index is 2.41. The number of benzene rings is 1. The summed E-state index contributed by atoms with van der Waals surface area (Å²) < 4.78 is 0. The molecular formula is C15H19NS. The highest BCUT2D eigenvalue weighted by atomic mass is 32.1. The van der Waals surface area contributed by atoms with Crippen LogP contribution in [0.3, 0.4) is 0 Å². The fraction of sp³-hybridized carbons (Fsp3) is 0.333. The summed E-state index contributed by atoms with van der Waals surface area (Å²) in [5.41, 5.74) is 1.38. The second kappa shape index (κ2) is 5.99. The molecule has 0 N–H and O–H groups in total. The van der Waals surface area contributed by atoms with E-state index in [2.05, 4.69) is 66.7 Å². The van der Waals surface area contributed by atoms with Crippen LogP contribution >= 0.6 is 11.3 Å². The van der Waals surface area contributed by atoms with Crippen LogP contribution in [0.25, 0.3) is 0 Å². The van der Waals surface area contributed by atoms with Crippen LogP contribution in [0.2, 0.25) is 0 Å². The van der Waals surface area contributed by atoms with Gasteiger partial charge in [0.05, 0.1) is 0 Å². The van der Waals surface area contributed by atoms with Crippen molar-refractivity contribution in [3.8, 4) is 0 Å². The molecule has 0 spiro atoms. The van der Waals surface area contributed by atoms with Gasteiger partial charge < -0.3 is 0 Å². The summed E-state index contributed by atoms with van der Waals surface area (Å²) in [7, 11) is 2.20. The fourth-order valence-corrected chi connectivity index (χ4v) is 2.73. The molecule has 0 saturated carbocycles. The molecule has 1 heterocycles. The molecule has 2 aromatic rings. The van der Waals surface area contributed by atoms with Gasteiger partial charge in [0.2, 0.25) is 0 Å². The van der Waals surface area contributed by atoms with E-state index < -0.39 is 0 Å². The van der Waals surface area contributed by atoms with Crippen LogP contribution in [0.1, 0.15) is 17.4 Å². The molecule has 0 aliphatic carbocycles. The summed E-state index contributed by atoms with van der Waals surface area (Å²) in [5.74, 6) is 0. The van der Waals surface area contributed by atoms with Gasteiger partial charge >= 0.3 is 0 Å². The zero-order chi connectivity index (χ0) is 12.1. The zero-order valence-corrected chi connectivity index (χ0v) is 11.3. The van der Waals surface area contributed by atoms with E-state index in [4.69, 9.17) is 0 Å². The lowest BCUT2D eigenvalue weighted by atomic mass is 10.1. The molecule has 2 rings (SSSR count). The van der Waals surface area contributed by atoms with Crippen molar-refractivity contribution in [3.05, 3.63) is 58.3 Å². The first-order valence-corrected chi connectivity index (χ1v) is 6.90. The van der Waals surface area contributed by atoms with Crippen LogP contribution in [-0.2, 0) is 13.0 Å². The van der Waals surface area contributed by atoms with Crippen LogP contribution in [0, 0.1) is 0 Å². The molecule has 1 aromatic carbocycles. The van der Waals surface area contributed by atoms with Gasteiger partial charge in [-0.1, -0.05) is 36.4 Å². The van der Waals surface area contributed by atoms with Gasteiger partial charge in [-0.05, 0) is 37.4 Å². The number of hydrogen-bond acceptors (Lipinski definition) is 2. The van der Waals surface area contributed by atoms with Crippen molar-refractivity contribution >= 4 is 11.3 Å². The summed E-state index contributed by atoms with van der Waals surface area (Å²) in [6.07, 6.45) is 1.14. The monoisotopic (exact) mass is 245 g/mol. The SMILES string of the molecule is CC(Cc1cccs1)N(C)Cc1ccccc1. The number of thiophene rings is 1. The van der Waals surface area contributed by atoms with E-state index in [-0.39, 0.29) is 0 Å². The second-order valence-corrected chi connectivity index (χ2v) is 5.57. The molecule has 2 heteroatoms. The van der Waals surface area contributed by atoms with E-state index in [0.717, 1.165) is 13.0 Å². The van der Waals surface area contributed by atoms with E-state index >= 15 is 0 Å². The van der Waals surface area contributed by atoms with Gasteiger partial charge in [-0.2, -0.15) is 0 Å². The number of hydrogen-bond donors (Lipinski definition) is 0. The summed E-state index contributed by atoms with van der Waals surface area (Å²) >= 11 is 1.85. The zero-order valence-electron chi connectivity index (χ0n) is 10.5. The number of nitrogens with zero attached hydrogens (tertiary/aromatic N) is 1. The van der Waals surface area contributed by atoms with Gasteiger partial charge in [-0.15, -0.1) is 11.3 Å². The van der Waals surface area contributed by atoms with E-state index in [0.29, 0.717) is 6.04 Å². The van der Waals surface area contributed by atoms with Gasteiger partial charge in [0.15, 0.2) is 0 Å². The summed E-state index contributed by atoms with van der Waals surface area (Å²) in [4.78, 5) is 3.88. The molecule has 0 amide bonds. The molecule has 0 bridgehead atoms. The fourth-order valence-electron chi connectivity index (χ4n) is 1.90. The number of likely N-dealkylation sites (N-methyl/N-ethyl adjacent to an activating group) is 1. The molecule has 1 atom stereocenters. The molecule has 0 saturated heterocycles. The van der Waals surface area contributed by atoms with E-state index in [1.54, 1.807) is 0 Å². The summed E-state index contributed by atoms with van der Waals surface area (Å²) in [5, 5.41) is 2.15. The molecule has 0 aliphatic rings. The van der Waals surface area contributed by atoms with Gasteiger partial charge in [0.1, 0.15) is 0 Å². The standard InChI is InChI=1S/C15H19NS/c1-13(11-15-9-6-10-17-15)16(2)12-14-7-4-3-5-8-14/h3-10,13H,11-12H2,1-2H3. The highest BCUT2D eigenvalue weighted by molar-refractivity contribution is 7.09. The van der Waals surface area contributed by atoms with Crippen molar-refractivity contribution in [2.45, 2.75) is 25.9 Å². The molecule has 0 aliphatic heterocycles. The normalized spacial score (nSPS) is 12.9. The van der Waals surface area contributed by atoms with Crippen molar-refractivity contribution < 1.29 is 0 Å². The van der Waals surface area contributed by atoms with E-state index in [9.17, 15) is 0 Å². The van der Waals surface area contributed by atoms with Crippen LogP contribution in [0.15, 0.2) is 47.8 Å². The highest BCUT2D eigenvalue weighted by Crippen LogP contribution is 2.15. The summed E-state index contributed by atoms with van der Waals surface area (Å²) in [6.45, 7) is 3.32. The Morgan fingerprint density at radius 2 is 1.88 bits per heavy atom. The van der Waals surface area contributed by atoms with Gasteiger partial charge in [-0.25, -0.2) is 0 Å². The summed E-state index contributed by atoms with van der Waals surface area (Å²) in [6, 6.07) is 15.6. The predicted molar refractivity (Wildman–Crippen MR) is 75.4 cm³/mol. The van der Waals surface area contributed by atoms with Crippen molar-refractivity contribution in [1.29, 1.82) is 0 Å². The van der Waals surface area contributed by atoms with Crippen LogP contribution in [0.5, 0.6) is 0 Å². The lowest BCUT2D eigenvalue weighted by Crippen LogP contribution is -2.30. The van der Waals surface area contributed by atoms with Gasteiger partial charge in [0, 0.05) is 17.5 Å². The topological polar surface area (TPSA) is 3.24 Å². The Kier molecular flexibility index (Phi) is 4.35. The molecule has 0 fully saturated rings.